The molecule has 0 radical (unpaired) electrons. The molecule has 34 heavy (non-hydrogen) atoms. The van der Waals surface area contributed by atoms with Crippen molar-refractivity contribution in [2.75, 3.05) is 5.32 Å². The van der Waals surface area contributed by atoms with E-state index in [4.69, 9.17) is 4.74 Å². The molecule has 5 aromatic rings. The highest BCUT2D eigenvalue weighted by Gasteiger charge is 2.23. The van der Waals surface area contributed by atoms with E-state index in [1.165, 1.54) is 11.3 Å². The van der Waals surface area contributed by atoms with Gasteiger partial charge in [0.1, 0.15) is 5.82 Å². The first-order valence-corrected chi connectivity index (χ1v) is 11.6. The zero-order valence-corrected chi connectivity index (χ0v) is 19.3. The molecule has 3 heterocycles. The van der Waals surface area contributed by atoms with Gasteiger partial charge < -0.3 is 9.72 Å². The number of aryl methyl sites for hydroxylation is 1. The number of aromatic nitrogens is 4. The van der Waals surface area contributed by atoms with Crippen molar-refractivity contribution >= 4 is 49.6 Å². The summed E-state index contributed by atoms with van der Waals surface area (Å²) < 4.78 is 6.52. The summed E-state index contributed by atoms with van der Waals surface area (Å²) in [7, 11) is 0. The number of nitrogens with one attached hydrogen (secondary N) is 2. The van der Waals surface area contributed by atoms with Gasteiger partial charge in [-0.25, -0.2) is 14.8 Å². The normalized spacial score (nSPS) is 12.1. The molecule has 1 atom stereocenters. The molecule has 0 bridgehead atoms. The van der Waals surface area contributed by atoms with Crippen LogP contribution in [0.2, 0.25) is 0 Å². The Labute approximate surface area is 199 Å². The highest BCUT2D eigenvalue weighted by atomic mass is 32.1. The predicted molar refractivity (Wildman–Crippen MR) is 132 cm³/mol. The minimum atomic E-state index is -0.940. The number of carbonyl (C=O) groups is 2. The number of carbonyl (C=O) groups excluding carboxylic acids is 2. The van der Waals surface area contributed by atoms with E-state index in [0.717, 1.165) is 21.3 Å². The molecule has 5 rings (SSSR count). The lowest BCUT2D eigenvalue weighted by atomic mass is 10.2. The van der Waals surface area contributed by atoms with Gasteiger partial charge in [0.2, 0.25) is 0 Å². The Bertz CT molecular complexity index is 1510. The van der Waals surface area contributed by atoms with Crippen LogP contribution < -0.4 is 5.32 Å². The van der Waals surface area contributed by atoms with Crippen LogP contribution >= 0.6 is 11.3 Å². The van der Waals surface area contributed by atoms with Crippen LogP contribution in [0.25, 0.3) is 32.6 Å². The summed E-state index contributed by atoms with van der Waals surface area (Å²) in [5.74, 6) is -0.333. The van der Waals surface area contributed by atoms with Crippen molar-refractivity contribution in [1.82, 2.24) is 19.9 Å². The van der Waals surface area contributed by atoms with Crippen molar-refractivity contribution < 1.29 is 14.3 Å². The number of H-pyrrole nitrogens is 1. The average Bonchev–Trinajstić information content (AvgIpc) is 3.45. The number of hydrogen-bond donors (Lipinski definition) is 2. The Morgan fingerprint density at radius 2 is 1.97 bits per heavy atom. The SMILES string of the molecule is CCC(OC(=O)c1ccc2nc(-c3cccnc3)[nH]c2c1)C(=O)Nc1nc2ccc(C)cc2s1. The highest BCUT2D eigenvalue weighted by molar-refractivity contribution is 7.22. The van der Waals surface area contributed by atoms with Crippen molar-refractivity contribution in [3.63, 3.8) is 0 Å². The Balaban J connectivity index is 1.30. The Kier molecular flexibility index (Phi) is 5.77. The standard InChI is InChI=1S/C25H21N5O3S/c1-3-20(23(31)30-25-29-18-8-6-14(2)11-21(18)34-25)33-24(32)15-7-9-17-19(12-15)28-22(27-17)16-5-4-10-26-13-16/h4-13,20H,3H2,1-2H3,(H,27,28)(H,29,30,31). The van der Waals surface area contributed by atoms with E-state index in [9.17, 15) is 9.59 Å². The first-order chi connectivity index (χ1) is 16.5. The minimum absolute atomic E-state index is 0.329. The summed E-state index contributed by atoms with van der Waals surface area (Å²) in [5.41, 5.74) is 4.51. The number of hydrogen-bond acceptors (Lipinski definition) is 7. The van der Waals surface area contributed by atoms with E-state index >= 15 is 0 Å². The fourth-order valence-corrected chi connectivity index (χ4v) is 4.53. The van der Waals surface area contributed by atoms with Crippen molar-refractivity contribution in [2.24, 2.45) is 0 Å². The second-order valence-corrected chi connectivity index (χ2v) is 8.87. The molecule has 170 valence electrons. The molecule has 2 N–H and O–H groups in total. The van der Waals surface area contributed by atoms with Gasteiger partial charge in [0, 0.05) is 18.0 Å². The number of amides is 1. The largest absolute Gasteiger partial charge is 0.449 e. The Morgan fingerprint density at radius 3 is 2.76 bits per heavy atom. The molecular formula is C25H21N5O3S. The van der Waals surface area contributed by atoms with Gasteiger partial charge in [-0.3, -0.25) is 15.1 Å². The van der Waals surface area contributed by atoms with Gasteiger partial charge in [-0.2, -0.15) is 0 Å². The molecule has 1 unspecified atom stereocenters. The second-order valence-electron chi connectivity index (χ2n) is 7.84. The molecule has 0 aliphatic carbocycles. The number of fused-ring (bicyclic) bond motifs is 2. The fourth-order valence-electron chi connectivity index (χ4n) is 3.57. The lowest BCUT2D eigenvalue weighted by Crippen LogP contribution is -2.32. The van der Waals surface area contributed by atoms with Crippen molar-refractivity contribution in [2.45, 2.75) is 26.4 Å². The number of ether oxygens (including phenoxy) is 1. The van der Waals surface area contributed by atoms with Crippen LogP contribution in [0, 0.1) is 6.92 Å². The number of nitrogens with zero attached hydrogens (tertiary/aromatic N) is 3. The highest BCUT2D eigenvalue weighted by Crippen LogP contribution is 2.27. The van der Waals surface area contributed by atoms with Crippen molar-refractivity contribution in [1.29, 1.82) is 0 Å². The monoisotopic (exact) mass is 471 g/mol. The van der Waals surface area contributed by atoms with Crippen molar-refractivity contribution in [3.8, 4) is 11.4 Å². The summed E-state index contributed by atoms with van der Waals surface area (Å²) >= 11 is 1.39. The number of benzene rings is 2. The maximum Gasteiger partial charge on any atom is 0.338 e. The molecular weight excluding hydrogens is 450 g/mol. The molecule has 2 aromatic carbocycles. The summed E-state index contributed by atoms with van der Waals surface area (Å²) in [6.07, 6.45) is 2.80. The van der Waals surface area contributed by atoms with E-state index in [1.54, 1.807) is 37.5 Å². The van der Waals surface area contributed by atoms with Crippen LogP contribution in [-0.4, -0.2) is 37.9 Å². The number of esters is 1. The molecule has 3 aromatic heterocycles. The Morgan fingerprint density at radius 1 is 1.12 bits per heavy atom. The molecule has 9 heteroatoms. The van der Waals surface area contributed by atoms with Gasteiger partial charge in [-0.15, -0.1) is 0 Å². The zero-order valence-electron chi connectivity index (χ0n) is 18.5. The van der Waals surface area contributed by atoms with Gasteiger partial charge >= 0.3 is 5.97 Å². The first kappa shape index (κ1) is 21.7. The number of aromatic amines is 1. The third-order valence-corrected chi connectivity index (χ3v) is 6.27. The first-order valence-electron chi connectivity index (χ1n) is 10.8. The van der Waals surface area contributed by atoms with Crippen LogP contribution in [0.5, 0.6) is 0 Å². The van der Waals surface area contributed by atoms with Crippen LogP contribution in [0.3, 0.4) is 0 Å². The zero-order chi connectivity index (χ0) is 23.7. The minimum Gasteiger partial charge on any atom is -0.449 e. The molecule has 1 amide bonds. The molecule has 0 spiro atoms. The molecule has 8 nitrogen and oxygen atoms in total. The van der Waals surface area contributed by atoms with E-state index in [0.29, 0.717) is 34.0 Å². The number of imidazole rings is 1. The average molecular weight is 472 g/mol. The summed E-state index contributed by atoms with van der Waals surface area (Å²) in [4.78, 5) is 41.9. The lowest BCUT2D eigenvalue weighted by molar-refractivity contribution is -0.124. The summed E-state index contributed by atoms with van der Waals surface area (Å²) in [5, 5.41) is 3.25. The number of anilines is 1. The predicted octanol–water partition coefficient (Wildman–Crippen LogP) is 5.12. The number of pyridine rings is 1. The van der Waals surface area contributed by atoms with Gasteiger partial charge in [0.25, 0.3) is 5.91 Å². The van der Waals surface area contributed by atoms with Gasteiger partial charge in [-0.1, -0.05) is 24.3 Å². The van der Waals surface area contributed by atoms with Crippen LogP contribution in [0.4, 0.5) is 5.13 Å². The van der Waals surface area contributed by atoms with E-state index < -0.39 is 18.0 Å². The lowest BCUT2D eigenvalue weighted by Gasteiger charge is -2.15. The summed E-state index contributed by atoms with van der Waals surface area (Å²) in [6, 6.07) is 14.7. The van der Waals surface area contributed by atoms with Crippen LogP contribution in [0.15, 0.2) is 60.9 Å². The molecule has 0 aliphatic rings. The quantitative estimate of drug-likeness (QED) is 0.333. The van der Waals surface area contributed by atoms with Gasteiger partial charge in [-0.05, 0) is 61.4 Å². The molecule has 0 fully saturated rings. The molecule has 0 saturated carbocycles. The summed E-state index contributed by atoms with van der Waals surface area (Å²) in [6.45, 7) is 3.79. The second kappa shape index (κ2) is 9.03. The smallest absolute Gasteiger partial charge is 0.338 e. The van der Waals surface area contributed by atoms with Gasteiger partial charge in [0.05, 0.1) is 26.8 Å². The fraction of sp³-hybridized carbons (Fsp3) is 0.160. The van der Waals surface area contributed by atoms with Gasteiger partial charge in [0.15, 0.2) is 11.2 Å². The number of rotatable bonds is 6. The van der Waals surface area contributed by atoms with Crippen molar-refractivity contribution in [3.05, 3.63) is 72.1 Å². The van der Waals surface area contributed by atoms with Crippen LogP contribution in [-0.2, 0) is 9.53 Å². The topological polar surface area (TPSA) is 110 Å². The maximum atomic E-state index is 12.8. The number of thiazole rings is 1. The third-order valence-electron chi connectivity index (χ3n) is 5.34. The maximum absolute atomic E-state index is 12.8. The molecule has 0 saturated heterocycles. The Hall–Kier alpha value is -4.11. The van der Waals surface area contributed by atoms with E-state index in [2.05, 4.69) is 25.3 Å². The van der Waals surface area contributed by atoms with E-state index in [-0.39, 0.29) is 0 Å². The van der Waals surface area contributed by atoms with E-state index in [1.807, 2.05) is 37.3 Å². The molecule has 0 aliphatic heterocycles. The third kappa shape index (κ3) is 4.38. The van der Waals surface area contributed by atoms with Crippen LogP contribution in [0.1, 0.15) is 29.3 Å².